The summed E-state index contributed by atoms with van der Waals surface area (Å²) >= 11 is 0. The minimum atomic E-state index is -1.70. The molecule has 2 atom stereocenters. The summed E-state index contributed by atoms with van der Waals surface area (Å²) < 4.78 is 31.8. The van der Waals surface area contributed by atoms with Crippen LogP contribution in [0.5, 0.6) is 5.75 Å². The zero-order valence-corrected chi connectivity index (χ0v) is 13.1. The van der Waals surface area contributed by atoms with E-state index in [0.717, 1.165) is 12.1 Å². The van der Waals surface area contributed by atoms with Crippen LogP contribution in [0.15, 0.2) is 12.1 Å². The molecule has 0 fully saturated rings. The molecule has 8 heteroatoms. The normalized spacial score (nSPS) is 14.2. The minimum absolute atomic E-state index is 0.0324. The Kier molecular flexibility index (Phi) is 6.28. The van der Waals surface area contributed by atoms with Gasteiger partial charge in [0.1, 0.15) is 11.7 Å². The van der Waals surface area contributed by atoms with Gasteiger partial charge in [0.05, 0.1) is 6.10 Å². The zero-order valence-electron chi connectivity index (χ0n) is 13.1. The maximum atomic E-state index is 13.6. The standard InChI is InChI=1S/C15H21F2NO5/c1-15(2,3)23-14(22)18-7-6-10(20)13(21)8-4-5-9(19)12(17)11(8)16/h4-5,10,13,19-21H,6-7H2,1-3H3,(H,18,22). The number of carbonyl (C=O) groups is 1. The van der Waals surface area contributed by atoms with Crippen molar-refractivity contribution in [1.82, 2.24) is 5.32 Å². The fourth-order valence-electron chi connectivity index (χ4n) is 1.78. The van der Waals surface area contributed by atoms with E-state index in [1.165, 1.54) is 0 Å². The van der Waals surface area contributed by atoms with Gasteiger partial charge in [0.25, 0.3) is 0 Å². The molecule has 130 valence electrons. The van der Waals surface area contributed by atoms with Gasteiger partial charge in [0.2, 0.25) is 5.82 Å². The fourth-order valence-corrected chi connectivity index (χ4v) is 1.78. The number of alkyl carbamates (subject to hydrolysis) is 1. The summed E-state index contributed by atoms with van der Waals surface area (Å²) in [4.78, 5) is 11.4. The molecule has 0 bridgehead atoms. The molecule has 4 N–H and O–H groups in total. The molecule has 0 aliphatic rings. The van der Waals surface area contributed by atoms with E-state index in [-0.39, 0.29) is 13.0 Å². The summed E-state index contributed by atoms with van der Waals surface area (Å²) in [5.41, 5.74) is -1.15. The number of halogens is 2. The summed E-state index contributed by atoms with van der Waals surface area (Å²) in [6.45, 7) is 5.03. The Morgan fingerprint density at radius 3 is 2.43 bits per heavy atom. The molecule has 0 aromatic heterocycles. The van der Waals surface area contributed by atoms with E-state index in [2.05, 4.69) is 5.32 Å². The Morgan fingerprint density at radius 2 is 1.87 bits per heavy atom. The predicted molar refractivity (Wildman–Crippen MR) is 77.8 cm³/mol. The van der Waals surface area contributed by atoms with Crippen LogP contribution >= 0.6 is 0 Å². The molecule has 1 amide bonds. The lowest BCUT2D eigenvalue weighted by Crippen LogP contribution is -2.34. The van der Waals surface area contributed by atoms with Crippen LogP contribution in [0.2, 0.25) is 0 Å². The summed E-state index contributed by atoms with van der Waals surface area (Å²) in [5.74, 6) is -3.82. The Morgan fingerprint density at radius 1 is 1.26 bits per heavy atom. The number of carbonyl (C=O) groups excluding carboxylic acids is 1. The van der Waals surface area contributed by atoms with E-state index < -0.39 is 46.8 Å². The number of benzene rings is 1. The monoisotopic (exact) mass is 333 g/mol. The largest absolute Gasteiger partial charge is 0.505 e. The van der Waals surface area contributed by atoms with Crippen molar-refractivity contribution in [2.45, 2.75) is 45.0 Å². The highest BCUT2D eigenvalue weighted by Gasteiger charge is 2.25. The summed E-state index contributed by atoms with van der Waals surface area (Å²) in [5, 5.41) is 31.1. The van der Waals surface area contributed by atoms with Gasteiger partial charge in [-0.1, -0.05) is 0 Å². The van der Waals surface area contributed by atoms with E-state index in [4.69, 9.17) is 9.84 Å². The highest BCUT2D eigenvalue weighted by Crippen LogP contribution is 2.27. The first-order chi connectivity index (χ1) is 10.5. The highest BCUT2D eigenvalue weighted by molar-refractivity contribution is 5.67. The molecule has 1 aromatic carbocycles. The lowest BCUT2D eigenvalue weighted by atomic mass is 10.0. The third-order valence-electron chi connectivity index (χ3n) is 2.88. The number of phenols is 1. The molecule has 6 nitrogen and oxygen atoms in total. The van der Waals surface area contributed by atoms with Crippen molar-refractivity contribution >= 4 is 6.09 Å². The van der Waals surface area contributed by atoms with E-state index in [9.17, 15) is 23.8 Å². The summed E-state index contributed by atoms with van der Waals surface area (Å²) in [6, 6.07) is 1.85. The second-order valence-electron chi connectivity index (χ2n) is 6.03. The quantitative estimate of drug-likeness (QED) is 0.660. The zero-order chi connectivity index (χ0) is 17.8. The van der Waals surface area contributed by atoms with Gasteiger partial charge in [-0.05, 0) is 39.3 Å². The lowest BCUT2D eigenvalue weighted by Gasteiger charge is -2.21. The number of aromatic hydroxyl groups is 1. The van der Waals surface area contributed by atoms with E-state index in [0.29, 0.717) is 0 Å². The molecular formula is C15H21F2NO5. The smallest absolute Gasteiger partial charge is 0.407 e. The van der Waals surface area contributed by atoms with E-state index in [1.54, 1.807) is 20.8 Å². The van der Waals surface area contributed by atoms with Crippen molar-refractivity contribution in [3.8, 4) is 5.75 Å². The van der Waals surface area contributed by atoms with E-state index >= 15 is 0 Å². The molecule has 2 unspecified atom stereocenters. The van der Waals surface area contributed by atoms with Gasteiger partial charge in [-0.3, -0.25) is 0 Å². The van der Waals surface area contributed by atoms with Crippen LogP contribution in [0.4, 0.5) is 13.6 Å². The minimum Gasteiger partial charge on any atom is -0.505 e. The van der Waals surface area contributed by atoms with Gasteiger partial charge in [0.15, 0.2) is 11.6 Å². The predicted octanol–water partition coefficient (Wildman–Crippen LogP) is 1.98. The molecule has 0 saturated carbocycles. The molecule has 23 heavy (non-hydrogen) atoms. The average Bonchev–Trinajstić information content (AvgIpc) is 2.42. The van der Waals surface area contributed by atoms with Crippen LogP contribution in [-0.4, -0.2) is 39.7 Å². The number of amides is 1. The van der Waals surface area contributed by atoms with Gasteiger partial charge < -0.3 is 25.4 Å². The van der Waals surface area contributed by atoms with Crippen LogP contribution in [-0.2, 0) is 4.74 Å². The molecule has 0 heterocycles. The molecule has 0 aliphatic carbocycles. The Balaban J connectivity index is 2.57. The SMILES string of the molecule is CC(C)(C)OC(=O)NCCC(O)C(O)c1ccc(O)c(F)c1F. The van der Waals surface area contributed by atoms with Crippen LogP contribution in [0.1, 0.15) is 38.9 Å². The van der Waals surface area contributed by atoms with Crippen LogP contribution in [0.25, 0.3) is 0 Å². The Bertz CT molecular complexity index is 560. The molecular weight excluding hydrogens is 312 g/mol. The van der Waals surface area contributed by atoms with Crippen molar-refractivity contribution < 1.29 is 33.6 Å². The van der Waals surface area contributed by atoms with Crippen molar-refractivity contribution in [1.29, 1.82) is 0 Å². The number of aliphatic hydroxyl groups excluding tert-OH is 2. The number of nitrogens with one attached hydrogen (secondary N) is 1. The maximum Gasteiger partial charge on any atom is 0.407 e. The molecule has 0 saturated heterocycles. The van der Waals surface area contributed by atoms with Crippen LogP contribution < -0.4 is 5.32 Å². The molecule has 0 radical (unpaired) electrons. The van der Waals surface area contributed by atoms with Crippen molar-refractivity contribution in [3.63, 3.8) is 0 Å². The van der Waals surface area contributed by atoms with Gasteiger partial charge in [-0.25, -0.2) is 9.18 Å². The Labute approximate surface area is 132 Å². The van der Waals surface area contributed by atoms with Gasteiger partial charge in [-0.2, -0.15) is 4.39 Å². The van der Waals surface area contributed by atoms with Crippen molar-refractivity contribution in [2.24, 2.45) is 0 Å². The van der Waals surface area contributed by atoms with Crippen molar-refractivity contribution in [2.75, 3.05) is 6.54 Å². The second kappa shape index (κ2) is 7.56. The fraction of sp³-hybridized carbons (Fsp3) is 0.533. The number of ether oxygens (including phenoxy) is 1. The first kappa shape index (κ1) is 19.1. The topological polar surface area (TPSA) is 99.0 Å². The molecule has 1 rings (SSSR count). The Hall–Kier alpha value is -1.93. The van der Waals surface area contributed by atoms with Gasteiger partial charge >= 0.3 is 6.09 Å². The molecule has 0 aliphatic heterocycles. The number of aliphatic hydroxyl groups is 2. The number of hydrogen-bond donors (Lipinski definition) is 4. The third-order valence-corrected chi connectivity index (χ3v) is 2.88. The van der Waals surface area contributed by atoms with Crippen molar-refractivity contribution in [3.05, 3.63) is 29.3 Å². The van der Waals surface area contributed by atoms with E-state index in [1.807, 2.05) is 0 Å². The molecule has 1 aromatic rings. The number of rotatable bonds is 5. The lowest BCUT2D eigenvalue weighted by molar-refractivity contribution is 0.00996. The first-order valence-electron chi connectivity index (χ1n) is 7.02. The molecule has 0 spiro atoms. The average molecular weight is 333 g/mol. The van der Waals surface area contributed by atoms with Crippen LogP contribution in [0, 0.1) is 11.6 Å². The van der Waals surface area contributed by atoms with Gasteiger partial charge in [-0.15, -0.1) is 0 Å². The third kappa shape index (κ3) is 5.65. The van der Waals surface area contributed by atoms with Gasteiger partial charge in [0, 0.05) is 12.1 Å². The summed E-state index contributed by atoms with van der Waals surface area (Å²) in [6.07, 6.45) is -3.95. The highest BCUT2D eigenvalue weighted by atomic mass is 19.2. The van der Waals surface area contributed by atoms with Crippen LogP contribution in [0.3, 0.4) is 0 Å². The second-order valence-corrected chi connectivity index (χ2v) is 6.03. The number of hydrogen-bond acceptors (Lipinski definition) is 5. The summed E-state index contributed by atoms with van der Waals surface area (Å²) in [7, 11) is 0. The first-order valence-corrected chi connectivity index (χ1v) is 7.02. The number of phenolic OH excluding ortho intramolecular Hbond substituents is 1. The maximum absolute atomic E-state index is 13.6.